The first-order valence-corrected chi connectivity index (χ1v) is 11.6. The molecule has 1 heterocycles. The third-order valence-electron chi connectivity index (χ3n) is 5.67. The second-order valence-corrected chi connectivity index (χ2v) is 7.97. The molecule has 9 heteroatoms. The predicted molar refractivity (Wildman–Crippen MR) is 138 cm³/mol. The van der Waals surface area contributed by atoms with E-state index in [4.69, 9.17) is 18.9 Å². The topological polar surface area (TPSA) is 98.4 Å². The van der Waals surface area contributed by atoms with E-state index in [-0.39, 0.29) is 18.4 Å². The van der Waals surface area contributed by atoms with Gasteiger partial charge in [-0.15, -0.1) is 0 Å². The van der Waals surface area contributed by atoms with Gasteiger partial charge >= 0.3 is 0 Å². The lowest BCUT2D eigenvalue weighted by Crippen LogP contribution is -2.36. The maximum atomic E-state index is 13.0. The van der Waals surface area contributed by atoms with Gasteiger partial charge in [0, 0.05) is 18.7 Å². The molecule has 4 rings (SSSR count). The fourth-order valence-electron chi connectivity index (χ4n) is 3.86. The lowest BCUT2D eigenvalue weighted by molar-refractivity contribution is -0.118. The fraction of sp³-hybridized carbons (Fsp3) is 0.259. The van der Waals surface area contributed by atoms with Crippen LogP contribution in [-0.2, 0) is 9.53 Å². The van der Waals surface area contributed by atoms with Gasteiger partial charge < -0.3 is 34.5 Å². The summed E-state index contributed by atoms with van der Waals surface area (Å²) < 4.78 is 21.8. The minimum Gasteiger partial charge on any atom is -0.495 e. The molecular weight excluding hydrogens is 462 g/mol. The summed E-state index contributed by atoms with van der Waals surface area (Å²) in [6.45, 7) is 2.58. The van der Waals surface area contributed by atoms with E-state index in [9.17, 15) is 9.59 Å². The number of nitrogens with one attached hydrogen (secondary N) is 2. The van der Waals surface area contributed by atoms with Gasteiger partial charge in [0.25, 0.3) is 11.8 Å². The molecule has 0 unspecified atom stereocenters. The second kappa shape index (κ2) is 11.9. The Hall–Kier alpha value is -4.24. The number of amides is 2. The van der Waals surface area contributed by atoms with Crippen molar-refractivity contribution >= 4 is 28.9 Å². The first-order valence-electron chi connectivity index (χ1n) is 11.6. The van der Waals surface area contributed by atoms with Gasteiger partial charge in [0.15, 0.2) is 18.1 Å². The molecule has 0 saturated carbocycles. The quantitative estimate of drug-likeness (QED) is 0.470. The molecule has 1 aliphatic heterocycles. The molecule has 9 nitrogen and oxygen atoms in total. The summed E-state index contributed by atoms with van der Waals surface area (Å²) in [6, 6.07) is 19.6. The van der Waals surface area contributed by atoms with E-state index in [1.54, 1.807) is 36.4 Å². The third-order valence-corrected chi connectivity index (χ3v) is 5.67. The summed E-state index contributed by atoms with van der Waals surface area (Å²) >= 11 is 0. The standard InChI is InChI=1S/C27H29N3O6/c1-33-23-10-6-4-8-21(23)28-26(31)18-36-24-12-11-19(17-25(24)34-2)27(32)29-20-7-3-5-9-22(20)30-13-15-35-16-14-30/h3-12,17H,13-16,18H2,1-2H3,(H,28,31)(H,29,32). The Kier molecular flexibility index (Phi) is 8.25. The van der Waals surface area contributed by atoms with Crippen molar-refractivity contribution in [3.63, 3.8) is 0 Å². The maximum absolute atomic E-state index is 13.0. The van der Waals surface area contributed by atoms with Crippen LogP contribution < -0.4 is 29.7 Å². The third kappa shape index (κ3) is 6.05. The number of ether oxygens (including phenoxy) is 4. The van der Waals surface area contributed by atoms with Crippen LogP contribution >= 0.6 is 0 Å². The number of rotatable bonds is 9. The number of carbonyl (C=O) groups is 2. The molecule has 1 aliphatic rings. The fourth-order valence-corrected chi connectivity index (χ4v) is 3.86. The van der Waals surface area contributed by atoms with Crippen LogP contribution in [0.5, 0.6) is 17.2 Å². The van der Waals surface area contributed by atoms with Crippen LogP contribution in [0.25, 0.3) is 0 Å². The van der Waals surface area contributed by atoms with Crippen molar-refractivity contribution in [2.75, 3.05) is 62.7 Å². The van der Waals surface area contributed by atoms with Crippen LogP contribution in [0.3, 0.4) is 0 Å². The molecule has 1 saturated heterocycles. The highest BCUT2D eigenvalue weighted by Crippen LogP contribution is 2.30. The van der Waals surface area contributed by atoms with Crippen molar-refractivity contribution in [3.8, 4) is 17.2 Å². The number of carbonyl (C=O) groups excluding carboxylic acids is 2. The Labute approximate surface area is 209 Å². The highest BCUT2D eigenvalue weighted by atomic mass is 16.5. The summed E-state index contributed by atoms with van der Waals surface area (Å²) in [5.74, 6) is 0.596. The molecule has 188 valence electrons. The lowest BCUT2D eigenvalue weighted by Gasteiger charge is -2.30. The Morgan fingerprint density at radius 2 is 1.53 bits per heavy atom. The summed E-state index contributed by atoms with van der Waals surface area (Å²) in [5, 5.41) is 5.74. The van der Waals surface area contributed by atoms with E-state index in [2.05, 4.69) is 15.5 Å². The molecule has 3 aromatic carbocycles. The zero-order valence-corrected chi connectivity index (χ0v) is 20.3. The molecule has 0 bridgehead atoms. The van der Waals surface area contributed by atoms with Crippen molar-refractivity contribution < 1.29 is 28.5 Å². The Morgan fingerprint density at radius 1 is 0.833 bits per heavy atom. The number of nitrogens with zero attached hydrogens (tertiary/aromatic N) is 1. The molecule has 2 N–H and O–H groups in total. The minimum atomic E-state index is -0.358. The first kappa shape index (κ1) is 24.9. The van der Waals surface area contributed by atoms with Crippen molar-refractivity contribution in [1.82, 2.24) is 0 Å². The van der Waals surface area contributed by atoms with Gasteiger partial charge in [-0.1, -0.05) is 24.3 Å². The SMILES string of the molecule is COc1ccccc1NC(=O)COc1ccc(C(=O)Nc2ccccc2N2CCOCC2)cc1OC. The van der Waals surface area contributed by atoms with Crippen LogP contribution in [-0.4, -0.2) is 58.9 Å². The number of anilines is 3. The molecule has 2 amide bonds. The monoisotopic (exact) mass is 491 g/mol. The Morgan fingerprint density at radius 3 is 2.28 bits per heavy atom. The van der Waals surface area contributed by atoms with Crippen molar-refractivity contribution in [1.29, 1.82) is 0 Å². The molecular formula is C27H29N3O6. The molecule has 1 fully saturated rings. The van der Waals surface area contributed by atoms with Crippen LogP contribution in [0.4, 0.5) is 17.1 Å². The largest absolute Gasteiger partial charge is 0.495 e. The van der Waals surface area contributed by atoms with Crippen LogP contribution in [0.1, 0.15) is 10.4 Å². The van der Waals surface area contributed by atoms with Gasteiger partial charge in [-0.3, -0.25) is 9.59 Å². The van der Waals surface area contributed by atoms with Gasteiger partial charge in [0.2, 0.25) is 0 Å². The van der Waals surface area contributed by atoms with E-state index in [0.717, 1.165) is 24.5 Å². The van der Waals surface area contributed by atoms with Crippen molar-refractivity contribution in [2.24, 2.45) is 0 Å². The molecule has 3 aromatic rings. The summed E-state index contributed by atoms with van der Waals surface area (Å²) in [4.78, 5) is 27.6. The van der Waals surface area contributed by atoms with E-state index in [1.165, 1.54) is 14.2 Å². The summed E-state index contributed by atoms with van der Waals surface area (Å²) in [5.41, 5.74) is 2.61. The van der Waals surface area contributed by atoms with Gasteiger partial charge in [0.05, 0.1) is 44.5 Å². The van der Waals surface area contributed by atoms with Crippen molar-refractivity contribution in [3.05, 3.63) is 72.3 Å². The van der Waals surface area contributed by atoms with E-state index in [0.29, 0.717) is 41.7 Å². The van der Waals surface area contributed by atoms with Crippen LogP contribution in [0.15, 0.2) is 66.7 Å². The molecule has 0 spiro atoms. The lowest BCUT2D eigenvalue weighted by atomic mass is 10.1. The molecule has 0 aromatic heterocycles. The number of methoxy groups -OCH3 is 2. The highest BCUT2D eigenvalue weighted by Gasteiger charge is 2.18. The molecule has 36 heavy (non-hydrogen) atoms. The molecule has 0 atom stereocenters. The average molecular weight is 492 g/mol. The average Bonchev–Trinajstić information content (AvgIpc) is 2.93. The normalized spacial score (nSPS) is 13.0. The Bertz CT molecular complexity index is 1210. The predicted octanol–water partition coefficient (Wildman–Crippen LogP) is 3.81. The Balaban J connectivity index is 1.41. The number of benzene rings is 3. The molecule has 0 radical (unpaired) electrons. The zero-order chi connectivity index (χ0) is 25.3. The van der Waals surface area contributed by atoms with E-state index >= 15 is 0 Å². The number of para-hydroxylation sites is 4. The van der Waals surface area contributed by atoms with Crippen LogP contribution in [0.2, 0.25) is 0 Å². The van der Waals surface area contributed by atoms with Gasteiger partial charge in [0.1, 0.15) is 5.75 Å². The zero-order valence-electron chi connectivity index (χ0n) is 20.3. The first-order chi connectivity index (χ1) is 17.6. The van der Waals surface area contributed by atoms with E-state index in [1.807, 2.05) is 30.3 Å². The smallest absolute Gasteiger partial charge is 0.262 e. The minimum absolute atomic E-state index is 0.243. The van der Waals surface area contributed by atoms with Gasteiger partial charge in [-0.05, 0) is 42.5 Å². The number of hydrogen-bond acceptors (Lipinski definition) is 7. The van der Waals surface area contributed by atoms with E-state index < -0.39 is 0 Å². The molecule has 0 aliphatic carbocycles. The van der Waals surface area contributed by atoms with Gasteiger partial charge in [-0.25, -0.2) is 0 Å². The maximum Gasteiger partial charge on any atom is 0.262 e. The summed E-state index contributed by atoms with van der Waals surface area (Å²) in [6.07, 6.45) is 0. The van der Waals surface area contributed by atoms with Crippen LogP contribution in [0, 0.1) is 0 Å². The number of morpholine rings is 1. The number of hydrogen-bond donors (Lipinski definition) is 2. The highest BCUT2D eigenvalue weighted by molar-refractivity contribution is 6.06. The van der Waals surface area contributed by atoms with Crippen molar-refractivity contribution in [2.45, 2.75) is 0 Å². The van der Waals surface area contributed by atoms with Gasteiger partial charge in [-0.2, -0.15) is 0 Å². The second-order valence-electron chi connectivity index (χ2n) is 7.97. The summed E-state index contributed by atoms with van der Waals surface area (Å²) in [7, 11) is 3.01.